The molecular formula is C26H21ClN2O5. The van der Waals surface area contributed by atoms with E-state index < -0.39 is 5.97 Å². The average molecular weight is 477 g/mol. The fourth-order valence-corrected chi connectivity index (χ4v) is 3.56. The maximum absolute atomic E-state index is 12.4. The minimum Gasteiger partial charge on any atom is -0.493 e. The van der Waals surface area contributed by atoms with E-state index in [1.54, 1.807) is 42.5 Å². The third-order valence-electron chi connectivity index (χ3n) is 4.85. The molecule has 0 radical (unpaired) electrons. The normalized spacial score (nSPS) is 13.9. The maximum Gasteiger partial charge on any atom is 0.363 e. The molecule has 3 aromatic rings. The number of anilines is 1. The number of carbonyl (C=O) groups is 2. The van der Waals surface area contributed by atoms with Gasteiger partial charge in [-0.25, -0.2) is 9.79 Å². The molecule has 0 aromatic heterocycles. The zero-order valence-electron chi connectivity index (χ0n) is 18.5. The summed E-state index contributed by atoms with van der Waals surface area (Å²) < 4.78 is 16.6. The molecule has 7 nitrogen and oxygen atoms in total. The monoisotopic (exact) mass is 476 g/mol. The molecule has 1 amide bonds. The number of cyclic esters (lactones) is 1. The van der Waals surface area contributed by atoms with Crippen LogP contribution in [-0.4, -0.2) is 24.9 Å². The molecule has 34 heavy (non-hydrogen) atoms. The van der Waals surface area contributed by atoms with Crippen LogP contribution < -0.4 is 14.8 Å². The zero-order chi connectivity index (χ0) is 24.1. The molecule has 3 aromatic carbocycles. The molecule has 172 valence electrons. The Morgan fingerprint density at radius 2 is 1.85 bits per heavy atom. The van der Waals surface area contributed by atoms with Crippen LogP contribution in [0.2, 0.25) is 5.02 Å². The molecule has 0 spiro atoms. The molecule has 0 fully saturated rings. The van der Waals surface area contributed by atoms with Crippen molar-refractivity contribution in [2.24, 2.45) is 4.99 Å². The standard InChI is InChI=1S/C26H21ClN2O5/c1-16(30)28-20-10-8-19(9-11-20)25-29-22(26(31)34-25)13-18-12-21(27)24(23(14-18)32-2)33-15-17-6-4-3-5-7-17/h3-14H,15H2,1-2H3,(H,28,30)/b22-13-. The van der Waals surface area contributed by atoms with Gasteiger partial charge in [-0.1, -0.05) is 41.9 Å². The van der Waals surface area contributed by atoms with Gasteiger partial charge in [0, 0.05) is 18.2 Å². The number of amides is 1. The number of nitrogens with one attached hydrogen (secondary N) is 1. The fraction of sp³-hybridized carbons (Fsp3) is 0.115. The summed E-state index contributed by atoms with van der Waals surface area (Å²) in [5.41, 5.74) is 2.95. The number of carbonyl (C=O) groups excluding carboxylic acids is 2. The SMILES string of the molecule is COc1cc(/C=C2\N=C(c3ccc(NC(C)=O)cc3)OC2=O)cc(Cl)c1OCc1ccccc1. The van der Waals surface area contributed by atoms with Crippen molar-refractivity contribution >= 4 is 41.1 Å². The highest BCUT2D eigenvalue weighted by Crippen LogP contribution is 2.38. The highest BCUT2D eigenvalue weighted by molar-refractivity contribution is 6.32. The number of aliphatic imine (C=N–C) groups is 1. The summed E-state index contributed by atoms with van der Waals surface area (Å²) in [5, 5.41) is 3.02. The van der Waals surface area contributed by atoms with E-state index >= 15 is 0 Å². The molecular weight excluding hydrogens is 456 g/mol. The van der Waals surface area contributed by atoms with Crippen LogP contribution in [0.1, 0.15) is 23.6 Å². The maximum atomic E-state index is 12.4. The van der Waals surface area contributed by atoms with Gasteiger partial charge in [0.25, 0.3) is 0 Å². The van der Waals surface area contributed by atoms with E-state index in [9.17, 15) is 9.59 Å². The smallest absolute Gasteiger partial charge is 0.363 e. The van der Waals surface area contributed by atoms with E-state index in [2.05, 4.69) is 10.3 Å². The summed E-state index contributed by atoms with van der Waals surface area (Å²) >= 11 is 6.46. The van der Waals surface area contributed by atoms with E-state index in [1.807, 2.05) is 30.3 Å². The Morgan fingerprint density at radius 1 is 1.12 bits per heavy atom. The number of ether oxygens (including phenoxy) is 3. The Kier molecular flexibility index (Phi) is 6.94. The summed E-state index contributed by atoms with van der Waals surface area (Å²) in [7, 11) is 1.52. The summed E-state index contributed by atoms with van der Waals surface area (Å²) in [6, 6.07) is 19.9. The number of halogens is 1. The lowest BCUT2D eigenvalue weighted by atomic mass is 10.1. The number of nitrogens with zero attached hydrogens (tertiary/aromatic N) is 1. The van der Waals surface area contributed by atoms with Gasteiger partial charge in [0.15, 0.2) is 17.2 Å². The Hall–Kier alpha value is -4.10. The molecule has 0 atom stereocenters. The van der Waals surface area contributed by atoms with Crippen molar-refractivity contribution in [2.75, 3.05) is 12.4 Å². The highest BCUT2D eigenvalue weighted by Gasteiger charge is 2.24. The van der Waals surface area contributed by atoms with Crippen LogP contribution in [0.25, 0.3) is 6.08 Å². The summed E-state index contributed by atoms with van der Waals surface area (Å²) in [5.74, 6) is 0.257. The molecule has 4 rings (SSSR count). The molecule has 0 saturated heterocycles. The third kappa shape index (κ3) is 5.44. The molecule has 0 unspecified atom stereocenters. The second-order valence-electron chi connectivity index (χ2n) is 7.40. The van der Waals surface area contributed by atoms with Crippen molar-refractivity contribution in [1.82, 2.24) is 0 Å². The van der Waals surface area contributed by atoms with Crippen LogP contribution >= 0.6 is 11.6 Å². The molecule has 0 saturated carbocycles. The Labute approximate surface area is 201 Å². The van der Waals surface area contributed by atoms with E-state index in [0.29, 0.717) is 39.9 Å². The topological polar surface area (TPSA) is 86.2 Å². The molecule has 8 heteroatoms. The summed E-state index contributed by atoms with van der Waals surface area (Å²) in [4.78, 5) is 27.9. The molecule has 1 aliphatic heterocycles. The summed E-state index contributed by atoms with van der Waals surface area (Å²) in [6.45, 7) is 1.76. The largest absolute Gasteiger partial charge is 0.493 e. The lowest BCUT2D eigenvalue weighted by Gasteiger charge is -2.13. The first-order chi connectivity index (χ1) is 16.4. The molecule has 0 aliphatic carbocycles. The van der Waals surface area contributed by atoms with Crippen LogP contribution in [0.4, 0.5) is 5.69 Å². The number of benzene rings is 3. The predicted molar refractivity (Wildman–Crippen MR) is 130 cm³/mol. The number of esters is 1. The van der Waals surface area contributed by atoms with Crippen LogP contribution in [0.15, 0.2) is 77.4 Å². The first-order valence-electron chi connectivity index (χ1n) is 10.4. The number of rotatable bonds is 7. The van der Waals surface area contributed by atoms with Crippen molar-refractivity contribution in [3.8, 4) is 11.5 Å². The van der Waals surface area contributed by atoms with E-state index in [1.165, 1.54) is 14.0 Å². The summed E-state index contributed by atoms with van der Waals surface area (Å²) in [6.07, 6.45) is 1.57. The van der Waals surface area contributed by atoms with Crippen LogP contribution in [0, 0.1) is 0 Å². The van der Waals surface area contributed by atoms with Crippen molar-refractivity contribution in [3.63, 3.8) is 0 Å². The van der Waals surface area contributed by atoms with Crippen molar-refractivity contribution in [1.29, 1.82) is 0 Å². The van der Waals surface area contributed by atoms with Gasteiger partial charge < -0.3 is 19.5 Å². The van der Waals surface area contributed by atoms with Gasteiger partial charge in [0.05, 0.1) is 12.1 Å². The van der Waals surface area contributed by atoms with Gasteiger partial charge in [0.1, 0.15) is 6.61 Å². The van der Waals surface area contributed by atoms with E-state index in [4.69, 9.17) is 25.8 Å². The van der Waals surface area contributed by atoms with Gasteiger partial charge in [-0.3, -0.25) is 4.79 Å². The number of hydrogen-bond donors (Lipinski definition) is 1. The first kappa shape index (κ1) is 23.1. The lowest BCUT2D eigenvalue weighted by molar-refractivity contribution is -0.129. The predicted octanol–water partition coefficient (Wildman–Crippen LogP) is 5.23. The van der Waals surface area contributed by atoms with Crippen LogP contribution in [-0.2, 0) is 20.9 Å². The second-order valence-corrected chi connectivity index (χ2v) is 7.81. The molecule has 0 bridgehead atoms. The minimum atomic E-state index is -0.583. The van der Waals surface area contributed by atoms with Gasteiger partial charge in [-0.05, 0) is 53.6 Å². The lowest BCUT2D eigenvalue weighted by Crippen LogP contribution is -2.07. The van der Waals surface area contributed by atoms with Crippen molar-refractivity contribution in [3.05, 3.63) is 94.1 Å². The number of methoxy groups -OCH3 is 1. The van der Waals surface area contributed by atoms with Gasteiger partial charge >= 0.3 is 5.97 Å². The Bertz CT molecular complexity index is 1280. The Morgan fingerprint density at radius 3 is 2.53 bits per heavy atom. The van der Waals surface area contributed by atoms with Crippen LogP contribution in [0.5, 0.6) is 11.5 Å². The molecule has 1 N–H and O–H groups in total. The van der Waals surface area contributed by atoms with E-state index in [0.717, 1.165) is 5.56 Å². The van der Waals surface area contributed by atoms with Crippen molar-refractivity contribution < 1.29 is 23.8 Å². The van der Waals surface area contributed by atoms with Crippen molar-refractivity contribution in [2.45, 2.75) is 13.5 Å². The van der Waals surface area contributed by atoms with E-state index in [-0.39, 0.29) is 17.5 Å². The quantitative estimate of drug-likeness (QED) is 0.372. The Balaban J connectivity index is 1.55. The van der Waals surface area contributed by atoms with Gasteiger partial charge in [0.2, 0.25) is 11.8 Å². The van der Waals surface area contributed by atoms with Crippen LogP contribution in [0.3, 0.4) is 0 Å². The average Bonchev–Trinajstić information content (AvgIpc) is 3.18. The fourth-order valence-electron chi connectivity index (χ4n) is 3.28. The van der Waals surface area contributed by atoms with Gasteiger partial charge in [-0.15, -0.1) is 0 Å². The second kappa shape index (κ2) is 10.2. The molecule has 1 aliphatic rings. The first-order valence-corrected chi connectivity index (χ1v) is 10.8. The number of hydrogen-bond acceptors (Lipinski definition) is 6. The van der Waals surface area contributed by atoms with Gasteiger partial charge in [-0.2, -0.15) is 0 Å². The molecule has 1 heterocycles. The third-order valence-corrected chi connectivity index (χ3v) is 5.13. The minimum absolute atomic E-state index is 0.122. The zero-order valence-corrected chi connectivity index (χ0v) is 19.3. The highest BCUT2D eigenvalue weighted by atomic mass is 35.5.